The van der Waals surface area contributed by atoms with Crippen molar-refractivity contribution in [2.45, 2.75) is 6.42 Å². The Bertz CT molecular complexity index is 433. The molecule has 0 spiro atoms. The second kappa shape index (κ2) is 9.84. The molecule has 0 saturated heterocycles. The molecule has 5 heteroatoms. The summed E-state index contributed by atoms with van der Waals surface area (Å²) < 4.78 is 15.8. The van der Waals surface area contributed by atoms with Crippen molar-refractivity contribution < 1.29 is 24.1 Å². The third kappa shape index (κ3) is 7.41. The van der Waals surface area contributed by atoms with Gasteiger partial charge >= 0.3 is 5.97 Å². The summed E-state index contributed by atoms with van der Waals surface area (Å²) in [5.74, 6) is 2.21. The zero-order valence-electron chi connectivity index (χ0n) is 11.2. The van der Waals surface area contributed by atoms with Gasteiger partial charge in [0.05, 0.1) is 26.2 Å². The topological polar surface area (TPSA) is 65.0 Å². The van der Waals surface area contributed by atoms with Crippen LogP contribution >= 0.6 is 0 Å². The molecule has 5 nitrogen and oxygen atoms in total. The molecule has 0 unspecified atom stereocenters. The van der Waals surface area contributed by atoms with Crippen LogP contribution in [0.1, 0.15) is 5.56 Å². The highest BCUT2D eigenvalue weighted by atomic mass is 16.5. The standard InChI is InChI=1S/C15H18O5/c1-2-7-18-8-9-19-10-11-20-14-5-3-13(4-6-14)12-15(16)17/h1,3-6H,7-12H2,(H,16,17). The minimum absolute atomic E-state index is 0.0149. The van der Waals surface area contributed by atoms with Gasteiger partial charge in [-0.25, -0.2) is 0 Å². The average Bonchev–Trinajstić information content (AvgIpc) is 2.43. The molecule has 108 valence electrons. The smallest absolute Gasteiger partial charge is 0.307 e. The van der Waals surface area contributed by atoms with Gasteiger partial charge in [-0.2, -0.15) is 0 Å². The van der Waals surface area contributed by atoms with E-state index in [4.69, 9.17) is 25.7 Å². The maximum Gasteiger partial charge on any atom is 0.307 e. The van der Waals surface area contributed by atoms with E-state index in [2.05, 4.69) is 5.92 Å². The van der Waals surface area contributed by atoms with Gasteiger partial charge in [0.1, 0.15) is 19.0 Å². The van der Waals surface area contributed by atoms with Gasteiger partial charge in [0.25, 0.3) is 0 Å². The van der Waals surface area contributed by atoms with Crippen molar-refractivity contribution in [1.82, 2.24) is 0 Å². The van der Waals surface area contributed by atoms with Gasteiger partial charge in [0.15, 0.2) is 0 Å². The van der Waals surface area contributed by atoms with Crippen molar-refractivity contribution in [2.75, 3.05) is 33.0 Å². The number of hydrogen-bond acceptors (Lipinski definition) is 4. The monoisotopic (exact) mass is 278 g/mol. The first-order valence-electron chi connectivity index (χ1n) is 6.25. The number of benzene rings is 1. The molecule has 0 atom stereocenters. The Morgan fingerprint density at radius 3 is 2.40 bits per heavy atom. The molecular weight excluding hydrogens is 260 g/mol. The van der Waals surface area contributed by atoms with Crippen molar-refractivity contribution in [1.29, 1.82) is 0 Å². The van der Waals surface area contributed by atoms with Crippen LogP contribution in [0.3, 0.4) is 0 Å². The van der Waals surface area contributed by atoms with Crippen LogP contribution in [-0.4, -0.2) is 44.1 Å². The van der Waals surface area contributed by atoms with Crippen molar-refractivity contribution in [2.24, 2.45) is 0 Å². The lowest BCUT2D eigenvalue weighted by Crippen LogP contribution is -2.11. The first kappa shape index (κ1) is 16.0. The van der Waals surface area contributed by atoms with E-state index < -0.39 is 5.97 Å². The van der Waals surface area contributed by atoms with Gasteiger partial charge in [-0.3, -0.25) is 4.79 Å². The lowest BCUT2D eigenvalue weighted by molar-refractivity contribution is -0.136. The van der Waals surface area contributed by atoms with E-state index in [-0.39, 0.29) is 6.42 Å². The molecule has 0 aromatic heterocycles. The van der Waals surface area contributed by atoms with Gasteiger partial charge in [-0.15, -0.1) is 6.42 Å². The Balaban J connectivity index is 2.10. The van der Waals surface area contributed by atoms with Gasteiger partial charge in [0, 0.05) is 0 Å². The molecule has 0 aliphatic heterocycles. The number of hydrogen-bond donors (Lipinski definition) is 1. The minimum atomic E-state index is -0.848. The summed E-state index contributed by atoms with van der Waals surface area (Å²) in [5, 5.41) is 8.65. The fourth-order valence-corrected chi connectivity index (χ4v) is 1.45. The highest BCUT2D eigenvalue weighted by molar-refractivity contribution is 5.70. The molecule has 0 fully saturated rings. The van der Waals surface area contributed by atoms with E-state index >= 15 is 0 Å². The molecular formula is C15H18O5. The molecule has 1 aromatic carbocycles. The summed E-state index contributed by atoms with van der Waals surface area (Å²) in [6, 6.07) is 6.96. The van der Waals surface area contributed by atoms with Crippen LogP contribution in [0.2, 0.25) is 0 Å². The predicted octanol–water partition coefficient (Wildman–Crippen LogP) is 1.36. The van der Waals surface area contributed by atoms with Crippen molar-refractivity contribution >= 4 is 5.97 Å². The fraction of sp³-hybridized carbons (Fsp3) is 0.400. The van der Waals surface area contributed by atoms with E-state index in [1.54, 1.807) is 24.3 Å². The Hall–Kier alpha value is -2.03. The van der Waals surface area contributed by atoms with E-state index in [9.17, 15) is 4.79 Å². The molecule has 0 aliphatic carbocycles. The first-order chi connectivity index (χ1) is 9.72. The number of carboxylic acid groups (broad SMARTS) is 1. The number of ether oxygens (including phenoxy) is 3. The normalized spacial score (nSPS) is 9.95. The summed E-state index contributed by atoms with van der Waals surface area (Å²) in [6.07, 6.45) is 5.04. The Morgan fingerprint density at radius 1 is 1.10 bits per heavy atom. The van der Waals surface area contributed by atoms with Crippen LogP contribution in [0.4, 0.5) is 0 Å². The highest BCUT2D eigenvalue weighted by Crippen LogP contribution is 2.12. The van der Waals surface area contributed by atoms with Gasteiger partial charge < -0.3 is 19.3 Å². The Kier molecular flexibility index (Phi) is 7.89. The second-order valence-corrected chi connectivity index (χ2v) is 3.93. The van der Waals surface area contributed by atoms with Gasteiger partial charge in [-0.1, -0.05) is 18.1 Å². The van der Waals surface area contributed by atoms with E-state index in [0.29, 0.717) is 38.8 Å². The van der Waals surface area contributed by atoms with E-state index in [0.717, 1.165) is 5.56 Å². The first-order valence-corrected chi connectivity index (χ1v) is 6.25. The van der Waals surface area contributed by atoms with Crippen LogP contribution in [0.15, 0.2) is 24.3 Å². The van der Waals surface area contributed by atoms with Crippen LogP contribution in [0.25, 0.3) is 0 Å². The second-order valence-electron chi connectivity index (χ2n) is 3.93. The quantitative estimate of drug-likeness (QED) is 0.517. The number of carbonyl (C=O) groups is 1. The van der Waals surface area contributed by atoms with Gasteiger partial charge in [-0.05, 0) is 17.7 Å². The van der Waals surface area contributed by atoms with Gasteiger partial charge in [0.2, 0.25) is 0 Å². The molecule has 0 bridgehead atoms. The summed E-state index contributed by atoms with van der Waals surface area (Å²) in [5.41, 5.74) is 0.742. The SMILES string of the molecule is C#CCOCCOCCOc1ccc(CC(=O)O)cc1. The maximum atomic E-state index is 10.5. The largest absolute Gasteiger partial charge is 0.491 e. The van der Waals surface area contributed by atoms with Crippen LogP contribution in [0.5, 0.6) is 5.75 Å². The molecule has 0 amide bonds. The molecule has 0 radical (unpaired) electrons. The van der Waals surface area contributed by atoms with Crippen molar-refractivity contribution in [3.05, 3.63) is 29.8 Å². The molecule has 20 heavy (non-hydrogen) atoms. The molecule has 0 aliphatic rings. The third-order valence-electron chi connectivity index (χ3n) is 2.33. The summed E-state index contributed by atoms with van der Waals surface area (Å²) in [4.78, 5) is 10.5. The molecule has 1 N–H and O–H groups in total. The Morgan fingerprint density at radius 2 is 1.75 bits per heavy atom. The maximum absolute atomic E-state index is 10.5. The number of aliphatic carboxylic acids is 1. The number of carboxylic acids is 1. The summed E-state index contributed by atoms with van der Waals surface area (Å²) in [7, 11) is 0. The summed E-state index contributed by atoms with van der Waals surface area (Å²) in [6.45, 7) is 2.11. The molecule has 1 rings (SSSR count). The fourth-order valence-electron chi connectivity index (χ4n) is 1.45. The number of terminal acetylenes is 1. The number of rotatable bonds is 10. The van der Waals surface area contributed by atoms with E-state index in [1.807, 2.05) is 0 Å². The minimum Gasteiger partial charge on any atom is -0.491 e. The van der Waals surface area contributed by atoms with Crippen molar-refractivity contribution in [3.63, 3.8) is 0 Å². The molecule has 0 heterocycles. The van der Waals surface area contributed by atoms with Crippen LogP contribution in [0, 0.1) is 12.3 Å². The average molecular weight is 278 g/mol. The molecule has 0 saturated carbocycles. The lowest BCUT2D eigenvalue weighted by atomic mass is 10.1. The highest BCUT2D eigenvalue weighted by Gasteiger charge is 2.00. The summed E-state index contributed by atoms with van der Waals surface area (Å²) >= 11 is 0. The Labute approximate surface area is 118 Å². The van der Waals surface area contributed by atoms with Crippen molar-refractivity contribution in [3.8, 4) is 18.1 Å². The zero-order valence-corrected chi connectivity index (χ0v) is 11.2. The predicted molar refractivity (Wildman–Crippen MR) is 73.7 cm³/mol. The van der Waals surface area contributed by atoms with Crippen LogP contribution in [-0.2, 0) is 20.7 Å². The lowest BCUT2D eigenvalue weighted by Gasteiger charge is -2.07. The zero-order chi connectivity index (χ0) is 14.6. The third-order valence-corrected chi connectivity index (χ3v) is 2.33. The van der Waals surface area contributed by atoms with E-state index in [1.165, 1.54) is 0 Å². The van der Waals surface area contributed by atoms with Crippen LogP contribution < -0.4 is 4.74 Å². The molecule has 1 aromatic rings.